The Morgan fingerprint density at radius 1 is 0.553 bits per heavy atom. The molecule has 0 saturated carbocycles. The Kier molecular flexibility index (Phi) is 31.7. The molecule has 2 heteroatoms. The number of esters is 1. The predicted octanol–water partition coefficient (Wildman–Crippen LogP) is 12.7. The fraction of sp³-hybridized carbons (Fsp3) is 0.917. The molecule has 0 amide bonds. The normalized spacial score (nSPS) is 12.4. The number of allylic oxidation sites excluding steroid dienone is 2. The summed E-state index contributed by atoms with van der Waals surface area (Å²) in [5.74, 6) is 0.935. The van der Waals surface area contributed by atoms with Crippen LogP contribution in [0.25, 0.3) is 0 Å². The van der Waals surface area contributed by atoms with E-state index in [1.165, 1.54) is 161 Å². The molecule has 0 bridgehead atoms. The summed E-state index contributed by atoms with van der Waals surface area (Å²) in [5, 5.41) is 0. The molecular weight excluding hydrogens is 464 g/mol. The van der Waals surface area contributed by atoms with Crippen LogP contribution in [0.4, 0.5) is 0 Å². The third-order valence-electron chi connectivity index (χ3n) is 8.19. The quantitative estimate of drug-likeness (QED) is 0.0502. The summed E-state index contributed by atoms with van der Waals surface area (Å²) in [4.78, 5) is 11.9. The summed E-state index contributed by atoms with van der Waals surface area (Å²) in [7, 11) is 0. The maximum Gasteiger partial charge on any atom is 0.305 e. The number of hydrogen-bond acceptors (Lipinski definition) is 2. The Hall–Kier alpha value is -0.790. The third kappa shape index (κ3) is 31.4. The van der Waals surface area contributed by atoms with E-state index in [0.29, 0.717) is 13.0 Å². The van der Waals surface area contributed by atoms with Crippen LogP contribution in [0, 0.1) is 5.92 Å². The highest BCUT2D eigenvalue weighted by Gasteiger charge is 2.03. The first kappa shape index (κ1) is 37.2. The molecule has 0 aliphatic carbocycles. The third-order valence-corrected chi connectivity index (χ3v) is 8.19. The summed E-state index contributed by atoms with van der Waals surface area (Å²) in [5.41, 5.74) is 0. The number of ether oxygens (including phenoxy) is 1. The molecule has 1 atom stereocenters. The van der Waals surface area contributed by atoms with E-state index >= 15 is 0 Å². The molecule has 0 saturated heterocycles. The number of rotatable bonds is 31. The molecule has 0 rings (SSSR count). The zero-order chi connectivity index (χ0) is 27.8. The minimum Gasteiger partial charge on any atom is -0.466 e. The van der Waals surface area contributed by atoms with Crippen LogP contribution in [0.2, 0.25) is 0 Å². The van der Waals surface area contributed by atoms with E-state index in [-0.39, 0.29) is 5.97 Å². The molecule has 0 fully saturated rings. The molecule has 2 nitrogen and oxygen atoms in total. The van der Waals surface area contributed by atoms with Gasteiger partial charge in [0.25, 0.3) is 0 Å². The highest BCUT2D eigenvalue weighted by atomic mass is 16.5. The van der Waals surface area contributed by atoms with Gasteiger partial charge in [-0.15, -0.1) is 0 Å². The molecule has 0 aliphatic heterocycles. The molecule has 0 aromatic carbocycles. The average molecular weight is 535 g/mol. The number of carbonyl (C=O) groups excluding carboxylic acids is 1. The van der Waals surface area contributed by atoms with Gasteiger partial charge < -0.3 is 4.74 Å². The fourth-order valence-electron chi connectivity index (χ4n) is 5.17. The molecular formula is C36H70O2. The lowest BCUT2D eigenvalue weighted by molar-refractivity contribution is -0.143. The summed E-state index contributed by atoms with van der Waals surface area (Å²) >= 11 is 0. The van der Waals surface area contributed by atoms with Crippen molar-refractivity contribution in [2.45, 2.75) is 201 Å². The van der Waals surface area contributed by atoms with Crippen LogP contribution in [0.3, 0.4) is 0 Å². The van der Waals surface area contributed by atoms with E-state index in [4.69, 9.17) is 4.74 Å². The lowest BCUT2D eigenvalue weighted by Gasteiger charge is -2.07. The van der Waals surface area contributed by atoms with E-state index in [1.807, 2.05) is 0 Å². The van der Waals surface area contributed by atoms with Gasteiger partial charge >= 0.3 is 5.97 Å². The minimum atomic E-state index is 0.0216. The smallest absolute Gasteiger partial charge is 0.305 e. The Morgan fingerprint density at radius 3 is 1.47 bits per heavy atom. The van der Waals surface area contributed by atoms with Crippen LogP contribution in [-0.4, -0.2) is 12.6 Å². The zero-order valence-electron chi connectivity index (χ0n) is 26.6. The maximum absolute atomic E-state index is 11.9. The Labute approximate surface area is 240 Å². The molecule has 0 radical (unpaired) electrons. The molecule has 1 unspecified atom stereocenters. The maximum atomic E-state index is 11.9. The summed E-state index contributed by atoms with van der Waals surface area (Å²) in [6.45, 7) is 7.58. The van der Waals surface area contributed by atoms with E-state index in [9.17, 15) is 4.79 Å². The number of carbonyl (C=O) groups is 1. The fourth-order valence-corrected chi connectivity index (χ4v) is 5.17. The van der Waals surface area contributed by atoms with Crippen LogP contribution in [-0.2, 0) is 9.53 Å². The molecule has 0 aromatic rings. The van der Waals surface area contributed by atoms with Crippen molar-refractivity contribution >= 4 is 5.97 Å². The van der Waals surface area contributed by atoms with Crippen molar-refractivity contribution in [2.24, 2.45) is 5.92 Å². The predicted molar refractivity (Wildman–Crippen MR) is 170 cm³/mol. The largest absolute Gasteiger partial charge is 0.466 e. The average Bonchev–Trinajstić information content (AvgIpc) is 2.92. The standard InChI is InChI=1S/C36H70O2/c1-4-6-7-8-9-10-11-12-13-14-15-16-17-21-24-27-30-33-36(37)38-34-31-28-25-22-19-18-20-23-26-29-32-35(3)5-2/h10-11,35H,4-9,12-34H2,1-3H3. The lowest BCUT2D eigenvalue weighted by atomic mass is 9.99. The van der Waals surface area contributed by atoms with Crippen molar-refractivity contribution in [2.75, 3.05) is 6.61 Å². The Morgan fingerprint density at radius 2 is 0.974 bits per heavy atom. The van der Waals surface area contributed by atoms with Gasteiger partial charge in [0.15, 0.2) is 0 Å². The Balaban J connectivity index is 3.19. The summed E-state index contributed by atoms with van der Waals surface area (Å²) in [6, 6.07) is 0. The van der Waals surface area contributed by atoms with Gasteiger partial charge in [0.05, 0.1) is 6.61 Å². The molecule has 226 valence electrons. The van der Waals surface area contributed by atoms with Crippen LogP contribution in [0.1, 0.15) is 201 Å². The van der Waals surface area contributed by atoms with Gasteiger partial charge in [-0.25, -0.2) is 0 Å². The topological polar surface area (TPSA) is 26.3 Å². The molecule has 38 heavy (non-hydrogen) atoms. The van der Waals surface area contributed by atoms with Crippen LogP contribution in [0.15, 0.2) is 12.2 Å². The number of unbranched alkanes of at least 4 members (excludes halogenated alkanes) is 22. The van der Waals surface area contributed by atoms with Gasteiger partial charge in [-0.2, -0.15) is 0 Å². The molecule has 0 aromatic heterocycles. The van der Waals surface area contributed by atoms with Crippen molar-refractivity contribution in [1.29, 1.82) is 0 Å². The van der Waals surface area contributed by atoms with Gasteiger partial charge in [-0.1, -0.05) is 168 Å². The van der Waals surface area contributed by atoms with E-state index in [1.54, 1.807) is 0 Å². The first-order valence-corrected chi connectivity index (χ1v) is 17.5. The monoisotopic (exact) mass is 535 g/mol. The van der Waals surface area contributed by atoms with E-state index < -0.39 is 0 Å². The molecule has 0 N–H and O–H groups in total. The SMILES string of the molecule is CCCCCCC=CCCCCCCCCCCCC(=O)OCCCCCCCCCCCCC(C)CC. The van der Waals surface area contributed by atoms with Crippen molar-refractivity contribution < 1.29 is 9.53 Å². The van der Waals surface area contributed by atoms with Crippen molar-refractivity contribution in [3.63, 3.8) is 0 Å². The van der Waals surface area contributed by atoms with Crippen LogP contribution < -0.4 is 0 Å². The van der Waals surface area contributed by atoms with E-state index in [0.717, 1.165) is 18.8 Å². The van der Waals surface area contributed by atoms with Gasteiger partial charge in [0, 0.05) is 6.42 Å². The van der Waals surface area contributed by atoms with Gasteiger partial charge in [0.1, 0.15) is 0 Å². The number of hydrogen-bond donors (Lipinski definition) is 0. The minimum absolute atomic E-state index is 0.0216. The van der Waals surface area contributed by atoms with E-state index in [2.05, 4.69) is 32.9 Å². The van der Waals surface area contributed by atoms with Crippen molar-refractivity contribution in [1.82, 2.24) is 0 Å². The second-order valence-corrected chi connectivity index (χ2v) is 12.1. The second kappa shape index (κ2) is 32.4. The van der Waals surface area contributed by atoms with Gasteiger partial charge in [0.2, 0.25) is 0 Å². The Bertz CT molecular complexity index is 484. The molecule has 0 spiro atoms. The molecule has 0 heterocycles. The van der Waals surface area contributed by atoms with Crippen LogP contribution in [0.5, 0.6) is 0 Å². The summed E-state index contributed by atoms with van der Waals surface area (Å²) < 4.78 is 5.43. The lowest BCUT2D eigenvalue weighted by Crippen LogP contribution is -2.05. The van der Waals surface area contributed by atoms with Crippen molar-refractivity contribution in [3.05, 3.63) is 12.2 Å². The van der Waals surface area contributed by atoms with Gasteiger partial charge in [-0.3, -0.25) is 4.79 Å². The first-order chi connectivity index (χ1) is 18.7. The van der Waals surface area contributed by atoms with Crippen molar-refractivity contribution in [3.8, 4) is 0 Å². The summed E-state index contributed by atoms with van der Waals surface area (Å²) in [6.07, 6.45) is 41.1. The highest BCUT2D eigenvalue weighted by Crippen LogP contribution is 2.16. The second-order valence-electron chi connectivity index (χ2n) is 12.1. The van der Waals surface area contributed by atoms with Crippen LogP contribution >= 0.6 is 0 Å². The highest BCUT2D eigenvalue weighted by molar-refractivity contribution is 5.69. The van der Waals surface area contributed by atoms with Gasteiger partial charge in [-0.05, 0) is 44.4 Å². The molecule has 0 aliphatic rings. The zero-order valence-corrected chi connectivity index (χ0v) is 26.6. The first-order valence-electron chi connectivity index (χ1n) is 17.5.